The maximum absolute atomic E-state index is 12.4. The standard InChI is InChI=1S/C16H28N4O2S/c1-6-8-13(15(22)17-9-10-19(3)4)23-16-18-12(7-2)11-14(21)20(16)5/h11,13H,6-10H2,1-5H3,(H,17,22). The van der Waals surface area contributed by atoms with Crippen LogP contribution in [0.5, 0.6) is 0 Å². The highest BCUT2D eigenvalue weighted by molar-refractivity contribution is 8.00. The fourth-order valence-electron chi connectivity index (χ4n) is 2.00. The number of hydrogen-bond acceptors (Lipinski definition) is 5. The largest absolute Gasteiger partial charge is 0.354 e. The first-order valence-electron chi connectivity index (χ1n) is 8.05. The number of amides is 1. The number of carbonyl (C=O) groups excluding carboxylic acids is 1. The van der Waals surface area contributed by atoms with Gasteiger partial charge in [-0.05, 0) is 26.9 Å². The zero-order valence-electron chi connectivity index (χ0n) is 14.8. The summed E-state index contributed by atoms with van der Waals surface area (Å²) in [5.74, 6) is 0.00912. The van der Waals surface area contributed by atoms with Crippen molar-refractivity contribution in [2.24, 2.45) is 7.05 Å². The summed E-state index contributed by atoms with van der Waals surface area (Å²) < 4.78 is 1.51. The summed E-state index contributed by atoms with van der Waals surface area (Å²) in [4.78, 5) is 30.9. The van der Waals surface area contributed by atoms with E-state index in [4.69, 9.17) is 0 Å². The van der Waals surface area contributed by atoms with E-state index in [1.54, 1.807) is 13.1 Å². The fourth-order valence-corrected chi connectivity index (χ4v) is 3.22. The Hall–Kier alpha value is -1.34. The van der Waals surface area contributed by atoms with Crippen LogP contribution < -0.4 is 10.9 Å². The van der Waals surface area contributed by atoms with E-state index in [0.29, 0.717) is 18.1 Å². The zero-order chi connectivity index (χ0) is 17.4. The average Bonchev–Trinajstić information content (AvgIpc) is 2.50. The van der Waals surface area contributed by atoms with E-state index < -0.39 is 0 Å². The Labute approximate surface area is 142 Å². The van der Waals surface area contributed by atoms with Crippen molar-refractivity contribution < 1.29 is 4.79 Å². The van der Waals surface area contributed by atoms with Gasteiger partial charge in [0.05, 0.1) is 5.25 Å². The van der Waals surface area contributed by atoms with Crippen molar-refractivity contribution in [1.82, 2.24) is 19.8 Å². The van der Waals surface area contributed by atoms with Gasteiger partial charge in [-0.2, -0.15) is 0 Å². The van der Waals surface area contributed by atoms with Crippen molar-refractivity contribution in [3.8, 4) is 0 Å². The molecule has 1 heterocycles. The average molecular weight is 340 g/mol. The number of likely N-dealkylation sites (N-methyl/N-ethyl adjacent to an activating group) is 1. The smallest absolute Gasteiger partial charge is 0.254 e. The molecule has 1 aromatic heterocycles. The van der Waals surface area contributed by atoms with Crippen molar-refractivity contribution in [3.05, 3.63) is 22.1 Å². The lowest BCUT2D eigenvalue weighted by atomic mass is 10.2. The number of hydrogen-bond donors (Lipinski definition) is 1. The number of nitrogens with zero attached hydrogens (tertiary/aromatic N) is 3. The molecule has 1 atom stereocenters. The summed E-state index contributed by atoms with van der Waals surface area (Å²) in [6.45, 7) is 5.44. The Bertz CT molecular complexity index is 572. The summed E-state index contributed by atoms with van der Waals surface area (Å²) in [6, 6.07) is 1.55. The van der Waals surface area contributed by atoms with Crippen LogP contribution in [-0.4, -0.2) is 52.8 Å². The maximum atomic E-state index is 12.4. The Morgan fingerprint density at radius 3 is 2.70 bits per heavy atom. The summed E-state index contributed by atoms with van der Waals surface area (Å²) in [5, 5.41) is 3.34. The number of nitrogens with one attached hydrogen (secondary N) is 1. The lowest BCUT2D eigenvalue weighted by molar-refractivity contribution is -0.120. The lowest BCUT2D eigenvalue weighted by Crippen LogP contribution is -2.37. The van der Waals surface area contributed by atoms with Crippen molar-refractivity contribution in [2.75, 3.05) is 27.2 Å². The highest BCUT2D eigenvalue weighted by Crippen LogP contribution is 2.24. The van der Waals surface area contributed by atoms with Gasteiger partial charge in [0, 0.05) is 31.9 Å². The molecule has 7 heteroatoms. The van der Waals surface area contributed by atoms with Crippen LogP contribution in [0.25, 0.3) is 0 Å². The number of aromatic nitrogens is 2. The lowest BCUT2D eigenvalue weighted by Gasteiger charge is -2.18. The Morgan fingerprint density at radius 2 is 2.13 bits per heavy atom. The molecule has 1 unspecified atom stereocenters. The maximum Gasteiger partial charge on any atom is 0.254 e. The van der Waals surface area contributed by atoms with Gasteiger partial charge in [0.1, 0.15) is 0 Å². The monoisotopic (exact) mass is 340 g/mol. The minimum absolute atomic E-state index is 0.00912. The molecule has 0 radical (unpaired) electrons. The van der Waals surface area contributed by atoms with Gasteiger partial charge in [0.15, 0.2) is 5.16 Å². The van der Waals surface area contributed by atoms with Crippen LogP contribution in [0.1, 0.15) is 32.4 Å². The molecule has 0 aliphatic carbocycles. The Kier molecular flexibility index (Phi) is 8.33. The van der Waals surface area contributed by atoms with Crippen LogP contribution in [0.2, 0.25) is 0 Å². The highest BCUT2D eigenvalue weighted by atomic mass is 32.2. The molecule has 0 aliphatic rings. The van der Waals surface area contributed by atoms with Gasteiger partial charge < -0.3 is 10.2 Å². The van der Waals surface area contributed by atoms with E-state index in [-0.39, 0.29) is 16.7 Å². The zero-order valence-corrected chi connectivity index (χ0v) is 15.6. The summed E-state index contributed by atoms with van der Waals surface area (Å²) >= 11 is 1.38. The molecule has 0 spiro atoms. The molecule has 1 rings (SSSR count). The molecule has 0 saturated heterocycles. The summed E-state index contributed by atoms with van der Waals surface area (Å²) in [6.07, 6.45) is 2.36. The molecule has 6 nitrogen and oxygen atoms in total. The molecular weight excluding hydrogens is 312 g/mol. The third kappa shape index (κ3) is 6.35. The molecular formula is C16H28N4O2S. The van der Waals surface area contributed by atoms with Gasteiger partial charge in [-0.25, -0.2) is 4.98 Å². The molecule has 1 amide bonds. The van der Waals surface area contributed by atoms with E-state index in [0.717, 1.165) is 25.1 Å². The van der Waals surface area contributed by atoms with E-state index in [9.17, 15) is 9.59 Å². The first-order chi connectivity index (χ1) is 10.9. The molecule has 0 fully saturated rings. The molecule has 0 bridgehead atoms. The van der Waals surface area contributed by atoms with E-state index in [2.05, 4.69) is 17.2 Å². The first-order valence-corrected chi connectivity index (χ1v) is 8.93. The van der Waals surface area contributed by atoms with Gasteiger partial charge in [0.25, 0.3) is 5.56 Å². The first kappa shape index (κ1) is 19.7. The number of carbonyl (C=O) groups is 1. The minimum atomic E-state index is -0.229. The second-order valence-corrected chi connectivity index (χ2v) is 6.94. The van der Waals surface area contributed by atoms with Gasteiger partial charge in [-0.3, -0.25) is 14.2 Å². The Morgan fingerprint density at radius 1 is 1.43 bits per heavy atom. The van der Waals surface area contributed by atoms with Gasteiger partial charge in [-0.15, -0.1) is 0 Å². The minimum Gasteiger partial charge on any atom is -0.354 e. The normalized spacial score (nSPS) is 12.4. The van der Waals surface area contributed by atoms with Crippen LogP contribution in [0.4, 0.5) is 0 Å². The SMILES string of the molecule is CCCC(Sc1nc(CC)cc(=O)n1C)C(=O)NCCN(C)C. The molecule has 0 saturated carbocycles. The third-order valence-electron chi connectivity index (χ3n) is 3.46. The summed E-state index contributed by atoms with van der Waals surface area (Å²) in [5.41, 5.74) is 0.682. The third-order valence-corrected chi connectivity index (χ3v) is 4.77. The summed E-state index contributed by atoms with van der Waals surface area (Å²) in [7, 11) is 5.64. The van der Waals surface area contributed by atoms with Gasteiger partial charge in [0.2, 0.25) is 5.91 Å². The van der Waals surface area contributed by atoms with Gasteiger partial charge >= 0.3 is 0 Å². The van der Waals surface area contributed by atoms with Crippen molar-refractivity contribution in [1.29, 1.82) is 0 Å². The molecule has 23 heavy (non-hydrogen) atoms. The van der Waals surface area contributed by atoms with Crippen LogP contribution in [0.15, 0.2) is 16.0 Å². The molecule has 1 aromatic rings. The van der Waals surface area contributed by atoms with Crippen LogP contribution in [0, 0.1) is 0 Å². The quantitative estimate of drug-likeness (QED) is 0.542. The topological polar surface area (TPSA) is 67.2 Å². The van der Waals surface area contributed by atoms with E-state index in [1.165, 1.54) is 16.3 Å². The highest BCUT2D eigenvalue weighted by Gasteiger charge is 2.21. The molecule has 0 aromatic carbocycles. The van der Waals surface area contributed by atoms with E-state index >= 15 is 0 Å². The number of thioether (sulfide) groups is 1. The van der Waals surface area contributed by atoms with E-state index in [1.807, 2.05) is 25.9 Å². The molecule has 130 valence electrons. The molecule has 0 aliphatic heterocycles. The van der Waals surface area contributed by atoms with Crippen LogP contribution in [-0.2, 0) is 18.3 Å². The Balaban J connectivity index is 2.85. The van der Waals surface area contributed by atoms with Crippen LogP contribution >= 0.6 is 11.8 Å². The second kappa shape index (κ2) is 9.72. The predicted molar refractivity (Wildman–Crippen MR) is 95.0 cm³/mol. The van der Waals surface area contributed by atoms with Crippen molar-refractivity contribution in [2.45, 2.75) is 43.5 Å². The van der Waals surface area contributed by atoms with Crippen molar-refractivity contribution in [3.63, 3.8) is 0 Å². The predicted octanol–water partition coefficient (Wildman–Crippen LogP) is 1.28. The number of rotatable bonds is 9. The number of aryl methyl sites for hydroxylation is 1. The van der Waals surface area contributed by atoms with Crippen molar-refractivity contribution >= 4 is 17.7 Å². The van der Waals surface area contributed by atoms with Crippen LogP contribution in [0.3, 0.4) is 0 Å². The molecule has 1 N–H and O–H groups in total. The fraction of sp³-hybridized carbons (Fsp3) is 0.688. The van der Waals surface area contributed by atoms with Gasteiger partial charge in [-0.1, -0.05) is 32.0 Å². The second-order valence-electron chi connectivity index (χ2n) is 5.77.